The molecule has 2 unspecified atom stereocenters. The van der Waals surface area contributed by atoms with Gasteiger partial charge in [0.2, 0.25) is 0 Å². The number of hydrogen-bond donors (Lipinski definition) is 1. The molecule has 0 saturated carbocycles. The van der Waals surface area contributed by atoms with Gasteiger partial charge in [-0.1, -0.05) is 0 Å². The van der Waals surface area contributed by atoms with E-state index in [4.69, 9.17) is 4.74 Å². The summed E-state index contributed by atoms with van der Waals surface area (Å²) in [4.78, 5) is 0. The molecule has 1 aliphatic heterocycles. The predicted octanol–water partition coefficient (Wildman–Crippen LogP) is 1.46. The first-order chi connectivity index (χ1) is 6.34. The molecule has 2 heterocycles. The minimum Gasteiger partial charge on any atom is -0.374 e. The maximum absolute atomic E-state index is 5.68. The van der Waals surface area contributed by atoms with E-state index in [1.807, 2.05) is 0 Å². The molecule has 0 bridgehead atoms. The van der Waals surface area contributed by atoms with Crippen molar-refractivity contribution in [1.29, 1.82) is 0 Å². The minimum atomic E-state index is 0.400. The average Bonchev–Trinajstić information content (AvgIpc) is 2.71. The van der Waals surface area contributed by atoms with Crippen LogP contribution in [0.1, 0.15) is 19.8 Å². The zero-order valence-electron chi connectivity index (χ0n) is 7.56. The van der Waals surface area contributed by atoms with E-state index in [2.05, 4.69) is 22.3 Å². The van der Waals surface area contributed by atoms with E-state index in [0.717, 1.165) is 10.8 Å². The molecule has 2 rings (SSSR count). The van der Waals surface area contributed by atoms with Crippen molar-refractivity contribution in [3.63, 3.8) is 0 Å². The Morgan fingerprint density at radius 1 is 1.69 bits per heavy atom. The van der Waals surface area contributed by atoms with Crippen LogP contribution in [0.2, 0.25) is 0 Å². The van der Waals surface area contributed by atoms with E-state index in [9.17, 15) is 0 Å². The Kier molecular flexibility index (Phi) is 2.85. The molecular weight excluding hydrogens is 186 g/mol. The van der Waals surface area contributed by atoms with Crippen LogP contribution in [-0.2, 0) is 4.74 Å². The van der Waals surface area contributed by atoms with Crippen molar-refractivity contribution in [2.45, 2.75) is 37.0 Å². The Hall–Kier alpha value is -0.550. The first-order valence-corrected chi connectivity index (χ1v) is 5.47. The molecule has 1 aliphatic rings. The monoisotopic (exact) mass is 199 g/mol. The number of aromatic amines is 1. The summed E-state index contributed by atoms with van der Waals surface area (Å²) < 4.78 is 5.68. The Morgan fingerprint density at radius 2 is 2.62 bits per heavy atom. The van der Waals surface area contributed by atoms with Gasteiger partial charge in [-0.05, 0) is 19.8 Å². The molecule has 5 heteroatoms. The number of ether oxygens (including phenoxy) is 1. The highest BCUT2D eigenvalue weighted by molar-refractivity contribution is 7.99. The zero-order chi connectivity index (χ0) is 9.10. The summed E-state index contributed by atoms with van der Waals surface area (Å²) in [7, 11) is 0. The lowest BCUT2D eigenvalue weighted by molar-refractivity contribution is 0.0700. The number of thioether (sulfide) groups is 1. The predicted molar refractivity (Wildman–Crippen MR) is 50.7 cm³/mol. The molecule has 2 atom stereocenters. The molecule has 0 aliphatic carbocycles. The molecule has 72 valence electrons. The van der Waals surface area contributed by atoms with Gasteiger partial charge in [-0.3, -0.25) is 0 Å². The van der Waals surface area contributed by atoms with Crippen LogP contribution in [0.25, 0.3) is 0 Å². The second-order valence-corrected chi connectivity index (χ2v) is 4.31. The summed E-state index contributed by atoms with van der Waals surface area (Å²) in [6, 6.07) is 0. The van der Waals surface area contributed by atoms with Gasteiger partial charge in [0.15, 0.2) is 0 Å². The lowest BCUT2D eigenvalue weighted by Crippen LogP contribution is -2.10. The summed E-state index contributed by atoms with van der Waals surface area (Å²) in [6.45, 7) is 2.13. The molecule has 0 aromatic carbocycles. The highest BCUT2D eigenvalue weighted by Gasteiger charge is 2.21. The fraction of sp³-hybridized carbons (Fsp3) is 0.750. The summed E-state index contributed by atoms with van der Waals surface area (Å²) >= 11 is 1.70. The van der Waals surface area contributed by atoms with E-state index >= 15 is 0 Å². The van der Waals surface area contributed by atoms with Crippen LogP contribution in [0.4, 0.5) is 0 Å². The van der Waals surface area contributed by atoms with Gasteiger partial charge < -0.3 is 4.74 Å². The lowest BCUT2D eigenvalue weighted by Gasteiger charge is -2.08. The normalized spacial score (nSPS) is 28.1. The molecule has 1 fully saturated rings. The number of nitrogens with one attached hydrogen (secondary N) is 1. The van der Waals surface area contributed by atoms with Crippen LogP contribution in [0.15, 0.2) is 11.2 Å². The summed E-state index contributed by atoms with van der Waals surface area (Å²) in [5.41, 5.74) is 0. The van der Waals surface area contributed by atoms with Gasteiger partial charge in [0.25, 0.3) is 0 Å². The second kappa shape index (κ2) is 4.11. The minimum absolute atomic E-state index is 0.400. The number of H-pyrrole nitrogens is 1. The molecule has 4 nitrogen and oxygen atoms in total. The SMILES string of the molecule is CC1CCC(CSc2cn[nH]n2)O1. The third-order valence-electron chi connectivity index (χ3n) is 2.13. The Labute approximate surface area is 81.4 Å². The van der Waals surface area contributed by atoms with Gasteiger partial charge in [-0.2, -0.15) is 10.3 Å². The summed E-state index contributed by atoms with van der Waals surface area (Å²) in [5.74, 6) is 0.983. The smallest absolute Gasteiger partial charge is 0.138 e. The topological polar surface area (TPSA) is 50.8 Å². The maximum Gasteiger partial charge on any atom is 0.138 e. The van der Waals surface area contributed by atoms with Gasteiger partial charge >= 0.3 is 0 Å². The molecule has 1 aromatic rings. The largest absolute Gasteiger partial charge is 0.374 e. The van der Waals surface area contributed by atoms with E-state index in [0.29, 0.717) is 12.2 Å². The molecule has 1 N–H and O–H groups in total. The number of nitrogens with zero attached hydrogens (tertiary/aromatic N) is 2. The van der Waals surface area contributed by atoms with Crippen LogP contribution in [0, 0.1) is 0 Å². The van der Waals surface area contributed by atoms with E-state index in [-0.39, 0.29) is 0 Å². The number of rotatable bonds is 3. The van der Waals surface area contributed by atoms with Gasteiger partial charge in [0.05, 0.1) is 18.4 Å². The number of aromatic nitrogens is 3. The van der Waals surface area contributed by atoms with Crippen LogP contribution < -0.4 is 0 Å². The Balaban J connectivity index is 1.74. The fourth-order valence-corrected chi connectivity index (χ4v) is 2.28. The number of hydrogen-bond acceptors (Lipinski definition) is 4. The van der Waals surface area contributed by atoms with Crippen molar-refractivity contribution in [2.75, 3.05) is 5.75 Å². The molecule has 1 saturated heterocycles. The standard InChI is InChI=1S/C8H13N3OS/c1-6-2-3-7(12-6)5-13-8-4-9-11-10-8/h4,6-7H,2-3,5H2,1H3,(H,9,10,11). The second-order valence-electron chi connectivity index (χ2n) is 3.27. The van der Waals surface area contributed by atoms with Crippen molar-refractivity contribution < 1.29 is 4.74 Å². The summed E-state index contributed by atoms with van der Waals surface area (Å²) in [6.07, 6.45) is 4.93. The Morgan fingerprint density at radius 3 is 3.23 bits per heavy atom. The lowest BCUT2D eigenvalue weighted by atomic mass is 10.2. The van der Waals surface area contributed by atoms with Gasteiger partial charge in [-0.25, -0.2) is 0 Å². The van der Waals surface area contributed by atoms with Crippen LogP contribution >= 0.6 is 11.8 Å². The molecule has 0 radical (unpaired) electrons. The van der Waals surface area contributed by atoms with Crippen molar-refractivity contribution in [1.82, 2.24) is 15.4 Å². The molecular formula is C8H13N3OS. The molecule has 13 heavy (non-hydrogen) atoms. The van der Waals surface area contributed by atoms with Crippen LogP contribution in [0.3, 0.4) is 0 Å². The first kappa shape index (κ1) is 9.02. The zero-order valence-corrected chi connectivity index (χ0v) is 8.38. The van der Waals surface area contributed by atoms with Crippen molar-refractivity contribution in [2.24, 2.45) is 0 Å². The van der Waals surface area contributed by atoms with Crippen molar-refractivity contribution in [3.8, 4) is 0 Å². The maximum atomic E-state index is 5.68. The van der Waals surface area contributed by atoms with E-state index in [1.54, 1.807) is 18.0 Å². The molecule has 0 spiro atoms. The fourth-order valence-electron chi connectivity index (χ4n) is 1.45. The quantitative estimate of drug-likeness (QED) is 0.749. The molecule has 0 amide bonds. The third-order valence-corrected chi connectivity index (χ3v) is 3.16. The first-order valence-electron chi connectivity index (χ1n) is 4.48. The Bertz CT molecular complexity index is 252. The van der Waals surface area contributed by atoms with E-state index < -0.39 is 0 Å². The summed E-state index contributed by atoms with van der Waals surface area (Å²) in [5, 5.41) is 11.3. The van der Waals surface area contributed by atoms with Gasteiger partial charge in [0, 0.05) is 5.75 Å². The van der Waals surface area contributed by atoms with E-state index in [1.165, 1.54) is 12.8 Å². The highest BCUT2D eigenvalue weighted by atomic mass is 32.2. The van der Waals surface area contributed by atoms with Crippen molar-refractivity contribution in [3.05, 3.63) is 6.20 Å². The average molecular weight is 199 g/mol. The highest BCUT2D eigenvalue weighted by Crippen LogP contribution is 2.24. The van der Waals surface area contributed by atoms with Gasteiger partial charge in [0.1, 0.15) is 5.03 Å². The van der Waals surface area contributed by atoms with Crippen LogP contribution in [0.5, 0.6) is 0 Å². The van der Waals surface area contributed by atoms with Crippen molar-refractivity contribution >= 4 is 11.8 Å². The van der Waals surface area contributed by atoms with Crippen LogP contribution in [-0.4, -0.2) is 33.4 Å². The third kappa shape index (κ3) is 2.45. The van der Waals surface area contributed by atoms with Gasteiger partial charge in [-0.15, -0.1) is 16.9 Å². The molecule has 1 aromatic heterocycles.